The van der Waals surface area contributed by atoms with Gasteiger partial charge in [0.05, 0.1) is 17.2 Å². The summed E-state index contributed by atoms with van der Waals surface area (Å²) in [6.45, 7) is 7.78. The summed E-state index contributed by atoms with van der Waals surface area (Å²) >= 11 is 0. The summed E-state index contributed by atoms with van der Waals surface area (Å²) in [6.07, 6.45) is 4.46. The minimum atomic E-state index is -0.462. The van der Waals surface area contributed by atoms with Gasteiger partial charge in [-0.2, -0.15) is 0 Å². The van der Waals surface area contributed by atoms with Crippen LogP contribution in [0.5, 0.6) is 0 Å². The van der Waals surface area contributed by atoms with Crippen molar-refractivity contribution in [2.45, 2.75) is 6.54 Å². The average Bonchev–Trinajstić information content (AvgIpc) is 2.49. The van der Waals surface area contributed by atoms with E-state index in [0.29, 0.717) is 13.1 Å². The Labute approximate surface area is 127 Å². The summed E-state index contributed by atoms with van der Waals surface area (Å²) in [5.41, 5.74) is -0.113. The molecule has 0 spiro atoms. The highest BCUT2D eigenvalue weighted by Crippen LogP contribution is 2.08. The Bertz CT molecular complexity index is 773. The first kappa shape index (κ1) is 15.6. The van der Waals surface area contributed by atoms with Crippen LogP contribution in [0.4, 0.5) is 4.39 Å². The normalized spacial score (nSPS) is 10.4. The highest BCUT2D eigenvalue weighted by molar-refractivity contribution is 5.79. The van der Waals surface area contributed by atoms with Gasteiger partial charge < -0.3 is 4.90 Å². The van der Waals surface area contributed by atoms with E-state index in [9.17, 15) is 14.0 Å². The predicted molar refractivity (Wildman–Crippen MR) is 82.9 cm³/mol. The average molecular weight is 301 g/mol. The van der Waals surface area contributed by atoms with Gasteiger partial charge >= 0.3 is 0 Å². The number of benzene rings is 1. The quantitative estimate of drug-likeness (QED) is 0.764. The van der Waals surface area contributed by atoms with Gasteiger partial charge in [0.2, 0.25) is 5.91 Å². The van der Waals surface area contributed by atoms with Gasteiger partial charge in [-0.05, 0) is 12.1 Å². The number of carbonyl (C=O) groups excluding carboxylic acids is 1. The first-order valence-electron chi connectivity index (χ1n) is 6.71. The van der Waals surface area contributed by atoms with Crippen LogP contribution in [0.25, 0.3) is 10.9 Å². The lowest BCUT2D eigenvalue weighted by Gasteiger charge is -2.19. The zero-order valence-electron chi connectivity index (χ0n) is 12.0. The van der Waals surface area contributed by atoms with Crippen molar-refractivity contribution in [3.63, 3.8) is 0 Å². The summed E-state index contributed by atoms with van der Waals surface area (Å²) in [5, 5.41) is 0.274. The molecule has 2 rings (SSSR count). The summed E-state index contributed by atoms with van der Waals surface area (Å²) < 4.78 is 14.3. The van der Waals surface area contributed by atoms with E-state index < -0.39 is 5.82 Å². The molecule has 0 aliphatic rings. The second-order valence-electron chi connectivity index (χ2n) is 4.72. The van der Waals surface area contributed by atoms with Gasteiger partial charge in [0.15, 0.2) is 0 Å². The molecule has 0 atom stereocenters. The Morgan fingerprint density at radius 2 is 2.00 bits per heavy atom. The molecule has 114 valence electrons. The fraction of sp³-hybridized carbons (Fsp3) is 0.188. The third-order valence-electron chi connectivity index (χ3n) is 3.14. The number of amides is 1. The molecule has 1 amide bonds. The molecular weight excluding hydrogens is 285 g/mol. The van der Waals surface area contributed by atoms with Gasteiger partial charge in [-0.15, -0.1) is 13.2 Å². The molecule has 1 aromatic carbocycles. The van der Waals surface area contributed by atoms with Crippen molar-refractivity contribution < 1.29 is 9.18 Å². The molecule has 0 aliphatic heterocycles. The van der Waals surface area contributed by atoms with Gasteiger partial charge in [-0.1, -0.05) is 12.2 Å². The van der Waals surface area contributed by atoms with E-state index in [4.69, 9.17) is 0 Å². The van der Waals surface area contributed by atoms with E-state index in [-0.39, 0.29) is 28.9 Å². The van der Waals surface area contributed by atoms with Crippen molar-refractivity contribution >= 4 is 16.8 Å². The zero-order chi connectivity index (χ0) is 16.1. The Morgan fingerprint density at radius 1 is 1.32 bits per heavy atom. The molecule has 0 saturated heterocycles. The van der Waals surface area contributed by atoms with Crippen LogP contribution in [0.3, 0.4) is 0 Å². The highest BCUT2D eigenvalue weighted by Gasteiger charge is 2.13. The van der Waals surface area contributed by atoms with Crippen molar-refractivity contribution in [2.24, 2.45) is 0 Å². The number of fused-ring (bicyclic) bond motifs is 1. The highest BCUT2D eigenvalue weighted by atomic mass is 19.1. The molecule has 0 radical (unpaired) electrons. The number of halogens is 1. The second-order valence-corrected chi connectivity index (χ2v) is 4.72. The van der Waals surface area contributed by atoms with Crippen LogP contribution in [0.2, 0.25) is 0 Å². The molecule has 0 unspecified atom stereocenters. The molecule has 0 aliphatic carbocycles. The summed E-state index contributed by atoms with van der Waals surface area (Å²) in [5.74, 6) is -0.707. The van der Waals surface area contributed by atoms with E-state index in [1.165, 1.54) is 34.0 Å². The third-order valence-corrected chi connectivity index (χ3v) is 3.14. The van der Waals surface area contributed by atoms with Crippen molar-refractivity contribution in [3.05, 3.63) is 66.0 Å². The SMILES string of the molecule is C=CCN(CC=C)C(=O)Cn1cnc2cc(F)ccc2c1=O. The second kappa shape index (κ2) is 6.80. The molecule has 0 N–H and O–H groups in total. The molecule has 1 heterocycles. The standard InChI is InChI=1S/C16H16FN3O2/c1-3-7-19(8-4-2)15(21)10-20-11-18-14-9-12(17)5-6-13(14)16(20)22/h3-6,9,11H,1-2,7-8,10H2. The molecular formula is C16H16FN3O2. The Morgan fingerprint density at radius 3 is 2.64 bits per heavy atom. The van der Waals surface area contributed by atoms with Crippen LogP contribution >= 0.6 is 0 Å². The van der Waals surface area contributed by atoms with Gasteiger partial charge in [0.25, 0.3) is 5.56 Å². The fourth-order valence-electron chi connectivity index (χ4n) is 2.08. The molecule has 6 heteroatoms. The maximum absolute atomic E-state index is 13.1. The topological polar surface area (TPSA) is 55.2 Å². The third kappa shape index (κ3) is 3.28. The molecule has 22 heavy (non-hydrogen) atoms. The summed E-state index contributed by atoms with van der Waals surface area (Å²) in [7, 11) is 0. The monoisotopic (exact) mass is 301 g/mol. The molecule has 0 bridgehead atoms. The first-order valence-corrected chi connectivity index (χ1v) is 6.71. The van der Waals surface area contributed by atoms with Gasteiger partial charge in [-0.3, -0.25) is 14.2 Å². The molecule has 1 aromatic heterocycles. The minimum absolute atomic E-state index is 0.138. The molecule has 0 saturated carbocycles. The van der Waals surface area contributed by atoms with E-state index in [2.05, 4.69) is 18.1 Å². The summed E-state index contributed by atoms with van der Waals surface area (Å²) in [4.78, 5) is 30.1. The van der Waals surface area contributed by atoms with E-state index in [1.807, 2.05) is 0 Å². The number of aromatic nitrogens is 2. The summed E-state index contributed by atoms with van der Waals surface area (Å²) in [6, 6.07) is 3.75. The van der Waals surface area contributed by atoms with Crippen LogP contribution in [-0.4, -0.2) is 33.4 Å². The zero-order valence-corrected chi connectivity index (χ0v) is 12.0. The minimum Gasteiger partial charge on any atom is -0.334 e. The van der Waals surface area contributed by atoms with Crippen LogP contribution < -0.4 is 5.56 Å². The lowest BCUT2D eigenvalue weighted by atomic mass is 10.2. The largest absolute Gasteiger partial charge is 0.334 e. The number of rotatable bonds is 6. The van der Waals surface area contributed by atoms with E-state index in [1.54, 1.807) is 12.2 Å². The Balaban J connectivity index is 2.31. The molecule has 0 fully saturated rings. The van der Waals surface area contributed by atoms with Crippen molar-refractivity contribution in [1.29, 1.82) is 0 Å². The van der Waals surface area contributed by atoms with Gasteiger partial charge in [-0.25, -0.2) is 9.37 Å². The molecule has 2 aromatic rings. The van der Waals surface area contributed by atoms with Gasteiger partial charge in [0, 0.05) is 19.2 Å². The number of carbonyl (C=O) groups is 1. The fourth-order valence-corrected chi connectivity index (χ4v) is 2.08. The van der Waals surface area contributed by atoms with Crippen LogP contribution in [0.1, 0.15) is 0 Å². The lowest BCUT2D eigenvalue weighted by Crippen LogP contribution is -2.36. The number of hydrogen-bond donors (Lipinski definition) is 0. The Hall–Kier alpha value is -2.76. The Kier molecular flexibility index (Phi) is 4.83. The van der Waals surface area contributed by atoms with Crippen LogP contribution in [-0.2, 0) is 11.3 Å². The van der Waals surface area contributed by atoms with Gasteiger partial charge in [0.1, 0.15) is 12.4 Å². The molecule has 5 nitrogen and oxygen atoms in total. The number of hydrogen-bond acceptors (Lipinski definition) is 3. The van der Waals surface area contributed by atoms with Crippen LogP contribution in [0, 0.1) is 5.82 Å². The number of nitrogens with zero attached hydrogens (tertiary/aromatic N) is 3. The van der Waals surface area contributed by atoms with Crippen molar-refractivity contribution in [3.8, 4) is 0 Å². The van der Waals surface area contributed by atoms with E-state index in [0.717, 1.165) is 0 Å². The lowest BCUT2D eigenvalue weighted by molar-refractivity contribution is -0.130. The van der Waals surface area contributed by atoms with Crippen LogP contribution in [0.15, 0.2) is 54.6 Å². The first-order chi connectivity index (χ1) is 10.6. The smallest absolute Gasteiger partial charge is 0.261 e. The maximum Gasteiger partial charge on any atom is 0.261 e. The predicted octanol–water partition coefficient (Wildman–Crippen LogP) is 1.74. The van der Waals surface area contributed by atoms with Crippen molar-refractivity contribution in [1.82, 2.24) is 14.5 Å². The maximum atomic E-state index is 13.1. The van der Waals surface area contributed by atoms with E-state index >= 15 is 0 Å². The van der Waals surface area contributed by atoms with Crippen molar-refractivity contribution in [2.75, 3.05) is 13.1 Å².